The Balaban J connectivity index is 3.01. The van der Waals surface area contributed by atoms with Crippen molar-refractivity contribution in [2.24, 2.45) is 0 Å². The number of aliphatic hydroxyl groups is 2. The first-order valence-corrected chi connectivity index (χ1v) is 4.60. The van der Waals surface area contributed by atoms with Gasteiger partial charge in [0.1, 0.15) is 16.4 Å². The molecule has 0 aliphatic carbocycles. The van der Waals surface area contributed by atoms with Crippen molar-refractivity contribution in [3.63, 3.8) is 0 Å². The predicted molar refractivity (Wildman–Crippen MR) is 52.9 cm³/mol. The van der Waals surface area contributed by atoms with Crippen molar-refractivity contribution in [2.45, 2.75) is 12.2 Å². The van der Waals surface area contributed by atoms with E-state index in [1.165, 1.54) is 12.1 Å². The van der Waals surface area contributed by atoms with Gasteiger partial charge in [-0.2, -0.15) is 0 Å². The standard InChI is InChI=1S/C8H7Cl2NO4/c9-4-2-1-3(7(10)11-4)5(12)6(13)8(14)15/h1-2,5-6,12-13H,(H,14,15). The number of hydrogen-bond acceptors (Lipinski definition) is 4. The lowest BCUT2D eigenvalue weighted by molar-refractivity contribution is -0.153. The van der Waals surface area contributed by atoms with E-state index in [0.717, 1.165) is 0 Å². The molecular weight excluding hydrogens is 245 g/mol. The molecule has 3 N–H and O–H groups in total. The van der Waals surface area contributed by atoms with Crippen LogP contribution < -0.4 is 0 Å². The summed E-state index contributed by atoms with van der Waals surface area (Å²) in [5, 5.41) is 26.9. The van der Waals surface area contributed by atoms with Crippen molar-refractivity contribution in [2.75, 3.05) is 0 Å². The van der Waals surface area contributed by atoms with E-state index in [1.54, 1.807) is 0 Å². The van der Waals surface area contributed by atoms with Crippen LogP contribution in [-0.4, -0.2) is 32.4 Å². The molecule has 0 saturated heterocycles. The van der Waals surface area contributed by atoms with Gasteiger partial charge in [-0.3, -0.25) is 0 Å². The van der Waals surface area contributed by atoms with Gasteiger partial charge in [-0.25, -0.2) is 9.78 Å². The summed E-state index contributed by atoms with van der Waals surface area (Å²) in [4.78, 5) is 14.0. The van der Waals surface area contributed by atoms with Crippen LogP contribution in [0.5, 0.6) is 0 Å². The number of aliphatic hydroxyl groups excluding tert-OH is 2. The molecule has 0 aromatic carbocycles. The first kappa shape index (κ1) is 12.2. The number of rotatable bonds is 3. The molecule has 1 aromatic rings. The van der Waals surface area contributed by atoms with Gasteiger partial charge in [0.05, 0.1) is 0 Å². The van der Waals surface area contributed by atoms with Gasteiger partial charge in [-0.1, -0.05) is 29.3 Å². The molecule has 15 heavy (non-hydrogen) atoms. The summed E-state index contributed by atoms with van der Waals surface area (Å²) in [6, 6.07) is 2.63. The topological polar surface area (TPSA) is 90.7 Å². The number of pyridine rings is 1. The summed E-state index contributed by atoms with van der Waals surface area (Å²) in [5.74, 6) is -1.55. The third-order valence-corrected chi connectivity index (χ3v) is 2.23. The van der Waals surface area contributed by atoms with Crippen LogP contribution in [0.15, 0.2) is 12.1 Å². The van der Waals surface area contributed by atoms with Crippen molar-refractivity contribution in [3.8, 4) is 0 Å². The molecule has 0 amide bonds. The number of aliphatic carboxylic acids is 1. The van der Waals surface area contributed by atoms with Crippen molar-refractivity contribution in [3.05, 3.63) is 28.0 Å². The lowest BCUT2D eigenvalue weighted by Crippen LogP contribution is -2.27. The zero-order valence-corrected chi connectivity index (χ0v) is 8.77. The van der Waals surface area contributed by atoms with Crippen LogP contribution in [0.4, 0.5) is 0 Å². The minimum absolute atomic E-state index is 0.0102. The maximum Gasteiger partial charge on any atom is 0.335 e. The van der Waals surface area contributed by atoms with E-state index in [2.05, 4.69) is 4.98 Å². The third kappa shape index (κ3) is 2.79. The maximum absolute atomic E-state index is 10.4. The summed E-state index contributed by atoms with van der Waals surface area (Å²) >= 11 is 11.1. The van der Waals surface area contributed by atoms with E-state index in [-0.39, 0.29) is 15.9 Å². The largest absolute Gasteiger partial charge is 0.479 e. The summed E-state index contributed by atoms with van der Waals surface area (Å²) in [6.07, 6.45) is -3.59. The lowest BCUT2D eigenvalue weighted by Gasteiger charge is -2.14. The lowest BCUT2D eigenvalue weighted by atomic mass is 10.1. The molecule has 5 nitrogen and oxygen atoms in total. The summed E-state index contributed by atoms with van der Waals surface area (Å²) in [5.41, 5.74) is 0.0102. The number of halogens is 2. The van der Waals surface area contributed by atoms with E-state index in [1.807, 2.05) is 0 Å². The number of aromatic nitrogens is 1. The van der Waals surface area contributed by atoms with Crippen molar-refractivity contribution in [1.82, 2.24) is 4.98 Å². The Labute approximate surface area is 94.9 Å². The molecular formula is C8H7Cl2NO4. The second-order valence-electron chi connectivity index (χ2n) is 2.74. The molecule has 0 saturated carbocycles. The first-order chi connectivity index (χ1) is 6.93. The zero-order valence-electron chi connectivity index (χ0n) is 7.26. The quantitative estimate of drug-likeness (QED) is 0.694. The molecule has 7 heteroatoms. The number of hydrogen-bond donors (Lipinski definition) is 3. The van der Waals surface area contributed by atoms with Gasteiger partial charge in [-0.15, -0.1) is 0 Å². The Bertz CT molecular complexity index is 385. The molecule has 1 heterocycles. The SMILES string of the molecule is O=C(O)C(O)C(O)c1ccc(Cl)nc1Cl. The molecule has 0 spiro atoms. The molecule has 0 aliphatic heterocycles. The van der Waals surface area contributed by atoms with E-state index >= 15 is 0 Å². The second-order valence-corrected chi connectivity index (χ2v) is 3.49. The van der Waals surface area contributed by atoms with Crippen LogP contribution in [0.25, 0.3) is 0 Å². The molecule has 0 bridgehead atoms. The molecule has 0 fully saturated rings. The highest BCUT2D eigenvalue weighted by atomic mass is 35.5. The highest BCUT2D eigenvalue weighted by Crippen LogP contribution is 2.25. The fourth-order valence-corrected chi connectivity index (χ4v) is 1.41. The monoisotopic (exact) mass is 251 g/mol. The van der Waals surface area contributed by atoms with E-state index < -0.39 is 18.2 Å². The van der Waals surface area contributed by atoms with Gasteiger partial charge in [-0.05, 0) is 6.07 Å². The normalized spacial score (nSPS) is 14.7. The second kappa shape index (κ2) is 4.76. The van der Waals surface area contributed by atoms with Crippen LogP contribution in [0.2, 0.25) is 10.3 Å². The smallest absolute Gasteiger partial charge is 0.335 e. The third-order valence-electron chi connectivity index (χ3n) is 1.71. The first-order valence-electron chi connectivity index (χ1n) is 3.84. The predicted octanol–water partition coefficient (Wildman–Crippen LogP) is 0.867. The number of carbonyl (C=O) groups is 1. The van der Waals surface area contributed by atoms with Crippen LogP contribution in [-0.2, 0) is 4.79 Å². The summed E-state index contributed by atoms with van der Waals surface area (Å²) in [7, 11) is 0. The van der Waals surface area contributed by atoms with Gasteiger partial charge in [0.2, 0.25) is 0 Å². The highest BCUT2D eigenvalue weighted by molar-refractivity contribution is 6.32. The van der Waals surface area contributed by atoms with Crippen molar-refractivity contribution < 1.29 is 20.1 Å². The summed E-state index contributed by atoms with van der Waals surface area (Å²) < 4.78 is 0. The van der Waals surface area contributed by atoms with Crippen molar-refractivity contribution >= 4 is 29.2 Å². The van der Waals surface area contributed by atoms with Crippen LogP contribution in [0.3, 0.4) is 0 Å². The van der Waals surface area contributed by atoms with E-state index in [9.17, 15) is 9.90 Å². The number of carboxylic acids is 1. The van der Waals surface area contributed by atoms with Gasteiger partial charge in [0.25, 0.3) is 0 Å². The molecule has 82 valence electrons. The van der Waals surface area contributed by atoms with Crippen molar-refractivity contribution in [1.29, 1.82) is 0 Å². The Morgan fingerprint density at radius 1 is 1.33 bits per heavy atom. The number of nitrogens with zero attached hydrogens (tertiary/aromatic N) is 1. The van der Waals surface area contributed by atoms with Crippen LogP contribution >= 0.6 is 23.2 Å². The molecule has 0 radical (unpaired) electrons. The molecule has 1 rings (SSSR count). The Hall–Kier alpha value is -0.880. The maximum atomic E-state index is 10.4. The Kier molecular flexibility index (Phi) is 3.87. The molecule has 2 unspecified atom stereocenters. The average molecular weight is 252 g/mol. The van der Waals surface area contributed by atoms with Gasteiger partial charge >= 0.3 is 5.97 Å². The average Bonchev–Trinajstić information content (AvgIpc) is 2.15. The highest BCUT2D eigenvalue weighted by Gasteiger charge is 2.27. The molecule has 2 atom stereocenters. The Morgan fingerprint density at radius 3 is 2.40 bits per heavy atom. The summed E-state index contributed by atoms with van der Waals surface area (Å²) in [6.45, 7) is 0. The van der Waals surface area contributed by atoms with E-state index in [0.29, 0.717) is 0 Å². The van der Waals surface area contributed by atoms with Crippen LogP contribution in [0.1, 0.15) is 11.7 Å². The van der Waals surface area contributed by atoms with Gasteiger partial charge < -0.3 is 15.3 Å². The molecule has 0 aliphatic rings. The fourth-order valence-electron chi connectivity index (χ4n) is 0.949. The van der Waals surface area contributed by atoms with Gasteiger partial charge in [0, 0.05) is 5.56 Å². The Morgan fingerprint density at radius 2 is 1.93 bits per heavy atom. The van der Waals surface area contributed by atoms with E-state index in [4.69, 9.17) is 33.4 Å². The minimum Gasteiger partial charge on any atom is -0.479 e. The zero-order chi connectivity index (χ0) is 11.6. The van der Waals surface area contributed by atoms with Gasteiger partial charge in [0.15, 0.2) is 6.10 Å². The van der Waals surface area contributed by atoms with Crippen LogP contribution in [0, 0.1) is 0 Å². The molecule has 1 aromatic heterocycles. The minimum atomic E-state index is -1.95. The number of carboxylic acid groups (broad SMARTS) is 1. The fraction of sp³-hybridized carbons (Fsp3) is 0.250.